The molecule has 0 atom stereocenters. The van der Waals surface area contributed by atoms with E-state index < -0.39 is 17.4 Å². The molecule has 7 heteroatoms. The maximum atomic E-state index is 12.8. The Balaban J connectivity index is 1.64. The molecule has 2 N–H and O–H groups in total. The van der Waals surface area contributed by atoms with Crippen molar-refractivity contribution in [3.63, 3.8) is 0 Å². The van der Waals surface area contributed by atoms with Gasteiger partial charge in [0.15, 0.2) is 5.69 Å². The fraction of sp³-hybridized carbons (Fsp3) is 0.733. The summed E-state index contributed by atoms with van der Waals surface area (Å²) in [4.78, 5) is 17.5. The molecule has 4 fully saturated rings. The number of aromatic amines is 1. The summed E-state index contributed by atoms with van der Waals surface area (Å²) in [5.74, 6) is 1.95. The second kappa shape index (κ2) is 4.49. The van der Waals surface area contributed by atoms with Crippen LogP contribution in [0.1, 0.15) is 44.2 Å². The fourth-order valence-corrected chi connectivity index (χ4v) is 5.18. The molecule has 1 aromatic rings. The Labute approximate surface area is 125 Å². The van der Waals surface area contributed by atoms with Gasteiger partial charge in [-0.05, 0) is 56.3 Å². The van der Waals surface area contributed by atoms with Crippen LogP contribution >= 0.6 is 0 Å². The number of halogens is 3. The van der Waals surface area contributed by atoms with Gasteiger partial charge in [0.1, 0.15) is 0 Å². The summed E-state index contributed by atoms with van der Waals surface area (Å²) in [5, 5.41) is 3.17. The Morgan fingerprint density at radius 2 is 1.68 bits per heavy atom. The zero-order valence-corrected chi connectivity index (χ0v) is 12.0. The van der Waals surface area contributed by atoms with Gasteiger partial charge in [-0.2, -0.15) is 13.2 Å². The molecule has 0 unspecified atom stereocenters. The SMILES string of the molecule is O=c1cc(C(F)(F)F)nc(NC23CC4CC(CC(C4)C2)C3)[nH]1. The van der Waals surface area contributed by atoms with E-state index in [1.165, 1.54) is 19.3 Å². The van der Waals surface area contributed by atoms with Gasteiger partial charge in [-0.25, -0.2) is 4.98 Å². The van der Waals surface area contributed by atoms with Crippen LogP contribution in [-0.2, 0) is 6.18 Å². The Morgan fingerprint density at radius 1 is 1.14 bits per heavy atom. The largest absolute Gasteiger partial charge is 0.433 e. The van der Waals surface area contributed by atoms with Gasteiger partial charge in [-0.15, -0.1) is 0 Å². The van der Waals surface area contributed by atoms with Gasteiger partial charge in [-0.1, -0.05) is 0 Å². The monoisotopic (exact) mass is 313 g/mol. The van der Waals surface area contributed by atoms with Gasteiger partial charge in [0.25, 0.3) is 5.56 Å². The number of hydrogen-bond donors (Lipinski definition) is 2. The molecule has 4 aliphatic rings. The van der Waals surface area contributed by atoms with E-state index >= 15 is 0 Å². The van der Waals surface area contributed by atoms with Crippen LogP contribution in [0.15, 0.2) is 10.9 Å². The molecule has 5 rings (SSSR count). The first-order valence-corrected chi connectivity index (χ1v) is 7.78. The van der Waals surface area contributed by atoms with E-state index in [0.717, 1.165) is 19.3 Å². The predicted molar refractivity (Wildman–Crippen MR) is 74.4 cm³/mol. The maximum absolute atomic E-state index is 12.8. The quantitative estimate of drug-likeness (QED) is 0.882. The van der Waals surface area contributed by atoms with Crippen molar-refractivity contribution < 1.29 is 13.2 Å². The van der Waals surface area contributed by atoms with Crippen LogP contribution in [0.3, 0.4) is 0 Å². The second-order valence-corrected chi connectivity index (χ2v) is 7.30. The summed E-state index contributed by atoms with van der Waals surface area (Å²) in [6.45, 7) is 0. The van der Waals surface area contributed by atoms with E-state index in [4.69, 9.17) is 0 Å². The topological polar surface area (TPSA) is 57.8 Å². The van der Waals surface area contributed by atoms with E-state index in [1.807, 2.05) is 0 Å². The molecule has 120 valence electrons. The van der Waals surface area contributed by atoms with Gasteiger partial charge < -0.3 is 5.32 Å². The van der Waals surface area contributed by atoms with Gasteiger partial charge in [0.2, 0.25) is 5.95 Å². The van der Waals surface area contributed by atoms with Crippen molar-refractivity contribution in [1.29, 1.82) is 0 Å². The molecule has 0 amide bonds. The van der Waals surface area contributed by atoms with Gasteiger partial charge in [-0.3, -0.25) is 9.78 Å². The van der Waals surface area contributed by atoms with Crippen LogP contribution in [0.4, 0.5) is 19.1 Å². The van der Waals surface area contributed by atoms with Gasteiger partial charge in [0.05, 0.1) is 0 Å². The molecule has 4 aliphatic carbocycles. The van der Waals surface area contributed by atoms with Crippen molar-refractivity contribution in [2.24, 2.45) is 17.8 Å². The van der Waals surface area contributed by atoms with Crippen LogP contribution < -0.4 is 10.9 Å². The molecule has 4 nitrogen and oxygen atoms in total. The third-order valence-corrected chi connectivity index (χ3v) is 5.45. The minimum Gasteiger partial charge on any atom is -0.350 e. The second-order valence-electron chi connectivity index (χ2n) is 7.30. The van der Waals surface area contributed by atoms with Crippen LogP contribution in [0.2, 0.25) is 0 Å². The van der Waals surface area contributed by atoms with Crippen LogP contribution in [-0.4, -0.2) is 15.5 Å². The molecule has 0 aliphatic heterocycles. The van der Waals surface area contributed by atoms with E-state index in [2.05, 4.69) is 15.3 Å². The smallest absolute Gasteiger partial charge is 0.350 e. The van der Waals surface area contributed by atoms with Crippen LogP contribution in [0.25, 0.3) is 0 Å². The third kappa shape index (κ3) is 2.40. The lowest BCUT2D eigenvalue weighted by Gasteiger charge is -2.56. The first kappa shape index (κ1) is 14.1. The number of anilines is 1. The lowest BCUT2D eigenvalue weighted by atomic mass is 9.53. The summed E-state index contributed by atoms with van der Waals surface area (Å²) >= 11 is 0. The van der Waals surface area contributed by atoms with E-state index in [-0.39, 0.29) is 11.5 Å². The molecule has 0 radical (unpaired) electrons. The van der Waals surface area contributed by atoms with Crippen LogP contribution in [0, 0.1) is 17.8 Å². The minimum atomic E-state index is -4.60. The summed E-state index contributed by atoms with van der Waals surface area (Å²) in [6, 6.07) is 0.505. The normalized spacial score (nSPS) is 36.6. The maximum Gasteiger partial charge on any atom is 0.433 e. The lowest BCUT2D eigenvalue weighted by molar-refractivity contribution is -0.141. The first-order chi connectivity index (χ1) is 10.3. The number of aromatic nitrogens is 2. The Bertz CT molecular complexity index is 617. The van der Waals surface area contributed by atoms with Crippen molar-refractivity contribution >= 4 is 5.95 Å². The molecule has 22 heavy (non-hydrogen) atoms. The summed E-state index contributed by atoms with van der Waals surface area (Å²) in [7, 11) is 0. The molecule has 0 spiro atoms. The number of hydrogen-bond acceptors (Lipinski definition) is 3. The molecule has 1 heterocycles. The number of rotatable bonds is 2. The van der Waals surface area contributed by atoms with E-state index in [9.17, 15) is 18.0 Å². The molecule has 4 saturated carbocycles. The average molecular weight is 313 g/mol. The van der Waals surface area contributed by atoms with E-state index in [1.54, 1.807) is 0 Å². The van der Waals surface area contributed by atoms with Crippen molar-refractivity contribution in [2.75, 3.05) is 5.32 Å². The minimum absolute atomic E-state index is 0.0400. The molecule has 4 bridgehead atoms. The first-order valence-electron chi connectivity index (χ1n) is 7.78. The summed E-state index contributed by atoms with van der Waals surface area (Å²) < 4.78 is 38.4. The number of alkyl halides is 3. The predicted octanol–water partition coefficient (Wildman–Crippen LogP) is 3.17. The average Bonchev–Trinajstić information content (AvgIpc) is 2.34. The molecule has 0 aromatic carbocycles. The highest BCUT2D eigenvalue weighted by Crippen LogP contribution is 2.56. The fourth-order valence-electron chi connectivity index (χ4n) is 5.18. The Morgan fingerprint density at radius 3 is 2.18 bits per heavy atom. The number of H-pyrrole nitrogens is 1. The highest BCUT2D eigenvalue weighted by Gasteiger charge is 2.51. The molecule has 1 aromatic heterocycles. The standard InChI is InChI=1S/C15H18F3N3O/c16-15(17,18)11-4-12(22)20-13(19-11)21-14-5-8-1-9(6-14)3-10(2-8)7-14/h4,8-10H,1-3,5-7H2,(H2,19,20,21,22). The Hall–Kier alpha value is -1.53. The number of nitrogens with one attached hydrogen (secondary N) is 2. The lowest BCUT2D eigenvalue weighted by Crippen LogP contribution is -2.55. The highest BCUT2D eigenvalue weighted by atomic mass is 19.4. The van der Waals surface area contributed by atoms with Gasteiger partial charge >= 0.3 is 6.18 Å². The number of nitrogens with zero attached hydrogens (tertiary/aromatic N) is 1. The zero-order chi connectivity index (χ0) is 15.5. The summed E-state index contributed by atoms with van der Waals surface area (Å²) in [6.07, 6.45) is 2.04. The van der Waals surface area contributed by atoms with E-state index in [0.29, 0.717) is 23.8 Å². The summed E-state index contributed by atoms with van der Waals surface area (Å²) in [5.41, 5.74) is -2.09. The third-order valence-electron chi connectivity index (χ3n) is 5.45. The molecule has 0 saturated heterocycles. The van der Waals surface area contributed by atoms with Gasteiger partial charge in [0, 0.05) is 11.6 Å². The zero-order valence-electron chi connectivity index (χ0n) is 12.0. The van der Waals surface area contributed by atoms with Crippen molar-refractivity contribution in [1.82, 2.24) is 9.97 Å². The van der Waals surface area contributed by atoms with Crippen molar-refractivity contribution in [2.45, 2.75) is 50.2 Å². The van der Waals surface area contributed by atoms with Crippen LogP contribution in [0.5, 0.6) is 0 Å². The van der Waals surface area contributed by atoms with Crippen molar-refractivity contribution in [3.05, 3.63) is 22.1 Å². The highest BCUT2D eigenvalue weighted by molar-refractivity contribution is 5.33. The molecular formula is C15H18F3N3O. The molecular weight excluding hydrogens is 295 g/mol. The Kier molecular flexibility index (Phi) is 2.87. The van der Waals surface area contributed by atoms with Crippen molar-refractivity contribution in [3.8, 4) is 0 Å².